The maximum atomic E-state index is 5.06. The smallest absolute Gasteiger partial charge is 0.0211 e. The SMILES string of the molecule is C#CCCNCCCC#CN. The van der Waals surface area contributed by atoms with Crippen molar-refractivity contribution in [3.05, 3.63) is 0 Å². The van der Waals surface area contributed by atoms with Gasteiger partial charge in [0.2, 0.25) is 0 Å². The minimum Gasteiger partial charge on any atom is -0.359 e. The number of hydrogen-bond donors (Lipinski definition) is 2. The normalized spacial score (nSPS) is 7.91. The Hall–Kier alpha value is -1.12. The van der Waals surface area contributed by atoms with Crippen molar-refractivity contribution in [2.75, 3.05) is 13.1 Å². The Morgan fingerprint density at radius 1 is 1.27 bits per heavy atom. The van der Waals surface area contributed by atoms with Crippen molar-refractivity contribution in [3.63, 3.8) is 0 Å². The summed E-state index contributed by atoms with van der Waals surface area (Å²) in [6.07, 6.45) is 7.75. The van der Waals surface area contributed by atoms with E-state index in [9.17, 15) is 0 Å². The summed E-state index contributed by atoms with van der Waals surface area (Å²) in [7, 11) is 0. The van der Waals surface area contributed by atoms with Crippen molar-refractivity contribution < 1.29 is 0 Å². The van der Waals surface area contributed by atoms with Gasteiger partial charge in [0.15, 0.2) is 0 Å². The highest BCUT2D eigenvalue weighted by Crippen LogP contribution is 1.82. The van der Waals surface area contributed by atoms with E-state index in [0.29, 0.717) is 0 Å². The zero-order valence-electron chi connectivity index (χ0n) is 6.69. The molecule has 0 saturated heterocycles. The molecule has 0 amide bonds. The van der Waals surface area contributed by atoms with Gasteiger partial charge < -0.3 is 11.1 Å². The van der Waals surface area contributed by atoms with Gasteiger partial charge >= 0.3 is 0 Å². The topological polar surface area (TPSA) is 38.0 Å². The molecule has 0 radical (unpaired) electrons. The third-order valence-electron chi connectivity index (χ3n) is 1.20. The standard InChI is InChI=1S/C9H14N2/c1-2-3-8-11-9-6-4-5-7-10/h1,11H,3-4,6,8-10H2. The Labute approximate surface area is 68.5 Å². The Kier molecular flexibility index (Phi) is 7.98. The number of unbranched alkanes of at least 4 members (excludes halogenated alkanes) is 1. The maximum absolute atomic E-state index is 5.06. The molecule has 0 spiro atoms. The average molecular weight is 150 g/mol. The lowest BCUT2D eigenvalue weighted by molar-refractivity contribution is 0.666. The van der Waals surface area contributed by atoms with Crippen LogP contribution in [-0.2, 0) is 0 Å². The Bertz CT molecular complexity index is 168. The molecule has 0 saturated carbocycles. The molecule has 60 valence electrons. The Balaban J connectivity index is 2.90. The summed E-state index contributed by atoms with van der Waals surface area (Å²) in [5, 5.41) is 3.19. The van der Waals surface area contributed by atoms with Crippen molar-refractivity contribution in [1.29, 1.82) is 0 Å². The molecule has 0 aromatic rings. The minimum absolute atomic E-state index is 0.794. The maximum Gasteiger partial charge on any atom is 0.0211 e. The molecule has 3 N–H and O–H groups in total. The molecule has 0 aromatic carbocycles. The van der Waals surface area contributed by atoms with E-state index in [0.717, 1.165) is 32.4 Å². The Morgan fingerprint density at radius 3 is 2.73 bits per heavy atom. The van der Waals surface area contributed by atoms with Crippen molar-refractivity contribution in [3.8, 4) is 24.3 Å². The first-order valence-corrected chi connectivity index (χ1v) is 3.74. The fourth-order valence-electron chi connectivity index (χ4n) is 0.660. The van der Waals surface area contributed by atoms with E-state index < -0.39 is 0 Å². The van der Waals surface area contributed by atoms with Gasteiger partial charge in [0.05, 0.1) is 0 Å². The molecular weight excluding hydrogens is 136 g/mol. The molecule has 0 aliphatic rings. The number of nitrogens with one attached hydrogen (secondary N) is 1. The van der Waals surface area contributed by atoms with Gasteiger partial charge in [-0.3, -0.25) is 0 Å². The fourth-order valence-corrected chi connectivity index (χ4v) is 0.660. The first kappa shape index (κ1) is 9.88. The monoisotopic (exact) mass is 150 g/mol. The van der Waals surface area contributed by atoms with E-state index in [1.807, 2.05) is 0 Å². The third-order valence-corrected chi connectivity index (χ3v) is 1.20. The molecule has 0 unspecified atom stereocenters. The predicted octanol–water partition coefficient (Wildman–Crippen LogP) is 0.299. The van der Waals surface area contributed by atoms with Gasteiger partial charge in [0.1, 0.15) is 0 Å². The van der Waals surface area contributed by atoms with Crippen LogP contribution in [0.4, 0.5) is 0 Å². The van der Waals surface area contributed by atoms with Gasteiger partial charge in [-0.1, -0.05) is 5.92 Å². The number of terminal acetylenes is 1. The predicted molar refractivity (Wildman–Crippen MR) is 47.5 cm³/mol. The van der Waals surface area contributed by atoms with Gasteiger partial charge in [0.25, 0.3) is 0 Å². The van der Waals surface area contributed by atoms with E-state index in [-0.39, 0.29) is 0 Å². The Morgan fingerprint density at radius 2 is 2.09 bits per heavy atom. The minimum atomic E-state index is 0.794. The van der Waals surface area contributed by atoms with E-state index >= 15 is 0 Å². The van der Waals surface area contributed by atoms with Crippen LogP contribution in [0.1, 0.15) is 19.3 Å². The van der Waals surface area contributed by atoms with Gasteiger partial charge in [-0.2, -0.15) is 0 Å². The second kappa shape index (κ2) is 8.88. The van der Waals surface area contributed by atoms with E-state index in [2.05, 4.69) is 23.2 Å². The quantitative estimate of drug-likeness (QED) is 0.336. The lowest BCUT2D eigenvalue weighted by Crippen LogP contribution is -2.15. The van der Waals surface area contributed by atoms with Crippen molar-refractivity contribution in [1.82, 2.24) is 5.32 Å². The van der Waals surface area contributed by atoms with Crippen LogP contribution in [0.15, 0.2) is 0 Å². The van der Waals surface area contributed by atoms with Crippen LogP contribution in [0.2, 0.25) is 0 Å². The molecule has 2 nitrogen and oxygen atoms in total. The van der Waals surface area contributed by atoms with Gasteiger partial charge in [-0.25, -0.2) is 0 Å². The van der Waals surface area contributed by atoms with E-state index in [1.54, 1.807) is 0 Å². The van der Waals surface area contributed by atoms with Crippen LogP contribution in [-0.4, -0.2) is 13.1 Å². The van der Waals surface area contributed by atoms with Crippen LogP contribution >= 0.6 is 0 Å². The summed E-state index contributed by atoms with van der Waals surface area (Å²) in [5.74, 6) is 5.35. The highest BCUT2D eigenvalue weighted by molar-refractivity contribution is 4.93. The molecule has 0 atom stereocenters. The summed E-state index contributed by atoms with van der Waals surface area (Å²) in [5.41, 5.74) is 4.98. The summed E-state index contributed by atoms with van der Waals surface area (Å²) < 4.78 is 0. The van der Waals surface area contributed by atoms with Crippen molar-refractivity contribution >= 4 is 0 Å². The van der Waals surface area contributed by atoms with Crippen molar-refractivity contribution in [2.45, 2.75) is 19.3 Å². The molecule has 0 aliphatic carbocycles. The fraction of sp³-hybridized carbons (Fsp3) is 0.556. The molecule has 0 heterocycles. The zero-order chi connectivity index (χ0) is 8.36. The molecule has 0 fully saturated rings. The van der Waals surface area contributed by atoms with Crippen molar-refractivity contribution in [2.24, 2.45) is 5.73 Å². The molecule has 0 aliphatic heterocycles. The molecule has 11 heavy (non-hydrogen) atoms. The summed E-state index contributed by atoms with van der Waals surface area (Å²) in [6.45, 7) is 1.86. The highest BCUT2D eigenvalue weighted by Gasteiger charge is 1.83. The van der Waals surface area contributed by atoms with Crippen LogP contribution in [0.5, 0.6) is 0 Å². The second-order valence-corrected chi connectivity index (χ2v) is 2.13. The lowest BCUT2D eigenvalue weighted by atomic mass is 10.3. The first-order chi connectivity index (χ1) is 5.41. The molecule has 0 bridgehead atoms. The van der Waals surface area contributed by atoms with Gasteiger partial charge in [0, 0.05) is 25.4 Å². The number of nitrogens with two attached hydrogens (primary N) is 1. The average Bonchev–Trinajstić information content (AvgIpc) is 2.03. The lowest BCUT2D eigenvalue weighted by Gasteiger charge is -1.97. The molecule has 0 rings (SSSR count). The van der Waals surface area contributed by atoms with E-state index in [1.165, 1.54) is 0 Å². The van der Waals surface area contributed by atoms with Crippen LogP contribution in [0.25, 0.3) is 0 Å². The number of rotatable bonds is 5. The van der Waals surface area contributed by atoms with Gasteiger partial charge in [-0.15, -0.1) is 12.3 Å². The number of hydrogen-bond acceptors (Lipinski definition) is 2. The summed E-state index contributed by atoms with van der Waals surface area (Å²) >= 11 is 0. The first-order valence-electron chi connectivity index (χ1n) is 3.74. The molecular formula is C9H14N2. The second-order valence-electron chi connectivity index (χ2n) is 2.13. The zero-order valence-corrected chi connectivity index (χ0v) is 6.69. The molecule has 2 heteroatoms. The highest BCUT2D eigenvalue weighted by atomic mass is 14.8. The van der Waals surface area contributed by atoms with Crippen LogP contribution in [0.3, 0.4) is 0 Å². The van der Waals surface area contributed by atoms with Crippen LogP contribution in [0, 0.1) is 24.3 Å². The summed E-state index contributed by atoms with van der Waals surface area (Å²) in [6, 6.07) is 2.36. The van der Waals surface area contributed by atoms with Crippen LogP contribution < -0.4 is 11.1 Å². The molecule has 0 aromatic heterocycles. The van der Waals surface area contributed by atoms with Gasteiger partial charge in [-0.05, 0) is 13.0 Å². The third kappa shape index (κ3) is 8.88. The largest absolute Gasteiger partial charge is 0.359 e. The summed E-state index contributed by atoms with van der Waals surface area (Å²) in [4.78, 5) is 0. The van der Waals surface area contributed by atoms with E-state index in [4.69, 9.17) is 12.2 Å².